The van der Waals surface area contributed by atoms with Crippen LogP contribution in [0.5, 0.6) is 17.2 Å². The molecule has 2 aromatic carbocycles. The number of sulfonamides is 1. The van der Waals surface area contributed by atoms with Crippen LogP contribution in [0, 0.1) is 0 Å². The Balaban J connectivity index is 0.00000364. The van der Waals surface area contributed by atoms with Crippen LogP contribution in [0.3, 0.4) is 0 Å². The number of ether oxygens (including phenoxy) is 3. The van der Waals surface area contributed by atoms with Gasteiger partial charge in [0.2, 0.25) is 10.0 Å². The minimum atomic E-state index is -3.88. The van der Waals surface area contributed by atoms with Crippen LogP contribution in [0.4, 0.5) is 0 Å². The first kappa shape index (κ1) is 23.0. The fourth-order valence-corrected chi connectivity index (χ4v) is 3.74. The van der Waals surface area contributed by atoms with E-state index in [-0.39, 0.29) is 41.4 Å². The zero-order valence-electron chi connectivity index (χ0n) is 15.7. The van der Waals surface area contributed by atoms with Gasteiger partial charge >= 0.3 is 0 Å². The Kier molecular flexibility index (Phi) is 8.36. The molecule has 0 saturated heterocycles. The standard InChI is InChI=1S/C18H24N2O5S.ClH/c1-12(19)14-7-5-13(6-8-14)11-20-26(21,22)18-16(24-3)9-15(23-2)10-17(18)25-4;/h5-10,12,20H,11,19H2,1-4H3;1H. The third kappa shape index (κ3) is 5.49. The van der Waals surface area contributed by atoms with Crippen LogP contribution in [0.15, 0.2) is 41.3 Å². The van der Waals surface area contributed by atoms with Crippen LogP contribution < -0.4 is 24.7 Å². The predicted octanol–water partition coefficient (Wildman–Crippen LogP) is 2.63. The summed E-state index contributed by atoms with van der Waals surface area (Å²) in [4.78, 5) is -0.0736. The second-order valence-electron chi connectivity index (χ2n) is 5.72. The van der Waals surface area contributed by atoms with Crippen molar-refractivity contribution in [1.29, 1.82) is 0 Å². The van der Waals surface area contributed by atoms with E-state index in [2.05, 4.69) is 4.72 Å². The summed E-state index contributed by atoms with van der Waals surface area (Å²) in [5.41, 5.74) is 7.61. The van der Waals surface area contributed by atoms with Gasteiger partial charge in [0.25, 0.3) is 0 Å². The predicted molar refractivity (Wildman–Crippen MR) is 106 cm³/mol. The van der Waals surface area contributed by atoms with E-state index >= 15 is 0 Å². The van der Waals surface area contributed by atoms with Crippen LogP contribution in [0.2, 0.25) is 0 Å². The monoisotopic (exact) mass is 416 g/mol. The number of hydrogen-bond acceptors (Lipinski definition) is 6. The summed E-state index contributed by atoms with van der Waals surface area (Å²) in [6.07, 6.45) is 0. The van der Waals surface area contributed by atoms with Crippen molar-refractivity contribution in [3.63, 3.8) is 0 Å². The summed E-state index contributed by atoms with van der Waals surface area (Å²) >= 11 is 0. The number of halogens is 1. The second-order valence-corrected chi connectivity index (χ2v) is 7.42. The molecule has 1 unspecified atom stereocenters. The van der Waals surface area contributed by atoms with Crippen molar-refractivity contribution in [2.45, 2.75) is 24.4 Å². The molecular weight excluding hydrogens is 392 g/mol. The first-order valence-electron chi connectivity index (χ1n) is 7.96. The fraction of sp³-hybridized carbons (Fsp3) is 0.333. The van der Waals surface area contributed by atoms with Gasteiger partial charge in [-0.15, -0.1) is 12.4 Å². The lowest BCUT2D eigenvalue weighted by Crippen LogP contribution is -2.24. The molecule has 9 heteroatoms. The number of benzene rings is 2. The summed E-state index contributed by atoms with van der Waals surface area (Å²) in [6, 6.07) is 10.3. The van der Waals surface area contributed by atoms with Crippen molar-refractivity contribution < 1.29 is 22.6 Å². The highest BCUT2D eigenvalue weighted by atomic mass is 35.5. The highest BCUT2D eigenvalue weighted by Gasteiger charge is 2.26. The van der Waals surface area contributed by atoms with Crippen LogP contribution in [-0.4, -0.2) is 29.7 Å². The Morgan fingerprint density at radius 3 is 1.93 bits per heavy atom. The molecule has 7 nitrogen and oxygen atoms in total. The molecule has 3 N–H and O–H groups in total. The van der Waals surface area contributed by atoms with Gasteiger partial charge in [-0.25, -0.2) is 13.1 Å². The number of nitrogens with one attached hydrogen (secondary N) is 1. The van der Waals surface area contributed by atoms with Crippen molar-refractivity contribution >= 4 is 22.4 Å². The molecule has 0 aliphatic rings. The fourth-order valence-electron chi connectivity index (χ4n) is 2.43. The van der Waals surface area contributed by atoms with Gasteiger partial charge in [0.1, 0.15) is 17.2 Å². The van der Waals surface area contributed by atoms with Gasteiger partial charge in [-0.3, -0.25) is 0 Å². The average molecular weight is 417 g/mol. The van der Waals surface area contributed by atoms with Crippen molar-refractivity contribution in [3.8, 4) is 17.2 Å². The van der Waals surface area contributed by atoms with Gasteiger partial charge in [-0.2, -0.15) is 0 Å². The van der Waals surface area contributed by atoms with Gasteiger partial charge in [-0.1, -0.05) is 24.3 Å². The molecule has 0 heterocycles. The van der Waals surface area contributed by atoms with E-state index in [9.17, 15) is 8.42 Å². The lowest BCUT2D eigenvalue weighted by Gasteiger charge is -2.16. The highest BCUT2D eigenvalue weighted by molar-refractivity contribution is 7.89. The van der Waals surface area contributed by atoms with Crippen LogP contribution in [0.1, 0.15) is 24.1 Å². The molecule has 0 spiro atoms. The Bertz CT molecular complexity index is 830. The molecule has 150 valence electrons. The highest BCUT2D eigenvalue weighted by Crippen LogP contribution is 2.37. The van der Waals surface area contributed by atoms with Gasteiger partial charge in [0, 0.05) is 24.7 Å². The molecule has 0 amide bonds. The van der Waals surface area contributed by atoms with Crippen LogP contribution in [-0.2, 0) is 16.6 Å². The van der Waals surface area contributed by atoms with E-state index in [4.69, 9.17) is 19.9 Å². The van der Waals surface area contributed by atoms with Crippen molar-refractivity contribution in [1.82, 2.24) is 4.72 Å². The quantitative estimate of drug-likeness (QED) is 0.686. The minimum absolute atomic E-state index is 0. The Morgan fingerprint density at radius 2 is 1.52 bits per heavy atom. The summed E-state index contributed by atoms with van der Waals surface area (Å²) in [5, 5.41) is 0. The van der Waals surface area contributed by atoms with E-state index in [0.717, 1.165) is 11.1 Å². The smallest absolute Gasteiger partial charge is 0.248 e. The lowest BCUT2D eigenvalue weighted by molar-refractivity contribution is 0.358. The zero-order chi connectivity index (χ0) is 19.3. The maximum atomic E-state index is 12.8. The molecule has 0 bridgehead atoms. The van der Waals surface area contributed by atoms with Crippen molar-refractivity contribution in [2.24, 2.45) is 5.73 Å². The molecule has 0 aromatic heterocycles. The SMILES string of the molecule is COc1cc(OC)c(S(=O)(=O)NCc2ccc(C(C)N)cc2)c(OC)c1.Cl. The first-order chi connectivity index (χ1) is 12.3. The first-order valence-corrected chi connectivity index (χ1v) is 9.44. The van der Waals surface area contributed by atoms with Crippen molar-refractivity contribution in [3.05, 3.63) is 47.5 Å². The third-order valence-electron chi connectivity index (χ3n) is 3.91. The molecule has 0 fully saturated rings. The topological polar surface area (TPSA) is 99.9 Å². The number of methoxy groups -OCH3 is 3. The molecule has 0 saturated carbocycles. The van der Waals surface area contributed by atoms with E-state index in [1.54, 1.807) is 0 Å². The second kappa shape index (κ2) is 9.80. The lowest BCUT2D eigenvalue weighted by atomic mass is 10.1. The Hall–Kier alpha value is -2.00. The third-order valence-corrected chi connectivity index (χ3v) is 5.37. The molecule has 27 heavy (non-hydrogen) atoms. The van der Waals surface area contributed by atoms with Gasteiger partial charge in [-0.05, 0) is 18.1 Å². The molecule has 0 radical (unpaired) electrons. The minimum Gasteiger partial charge on any atom is -0.496 e. The van der Waals surface area contributed by atoms with Gasteiger partial charge in [0.05, 0.1) is 21.3 Å². The summed E-state index contributed by atoms with van der Waals surface area (Å²) in [5.74, 6) is 0.714. The summed E-state index contributed by atoms with van der Waals surface area (Å²) < 4.78 is 43.8. The van der Waals surface area contributed by atoms with Crippen LogP contribution >= 0.6 is 12.4 Å². The van der Waals surface area contributed by atoms with E-state index in [1.165, 1.54) is 33.5 Å². The number of rotatable bonds is 8. The normalized spacial score (nSPS) is 12.0. The zero-order valence-corrected chi connectivity index (χ0v) is 17.3. The molecule has 1 atom stereocenters. The molecule has 0 aliphatic heterocycles. The number of hydrogen-bond donors (Lipinski definition) is 2. The van der Waals surface area contributed by atoms with E-state index in [0.29, 0.717) is 5.75 Å². The van der Waals surface area contributed by atoms with E-state index < -0.39 is 10.0 Å². The van der Waals surface area contributed by atoms with E-state index in [1.807, 2.05) is 31.2 Å². The number of nitrogens with two attached hydrogens (primary N) is 1. The molecular formula is C18H25ClN2O5S. The molecule has 2 rings (SSSR count). The Labute approximate surface area is 166 Å². The van der Waals surface area contributed by atoms with Crippen LogP contribution in [0.25, 0.3) is 0 Å². The molecule has 2 aromatic rings. The average Bonchev–Trinajstić information content (AvgIpc) is 2.65. The molecule has 0 aliphatic carbocycles. The van der Waals surface area contributed by atoms with Gasteiger partial charge in [0.15, 0.2) is 4.90 Å². The summed E-state index contributed by atoms with van der Waals surface area (Å²) in [6.45, 7) is 2.01. The summed E-state index contributed by atoms with van der Waals surface area (Å²) in [7, 11) is 0.381. The maximum absolute atomic E-state index is 12.8. The largest absolute Gasteiger partial charge is 0.496 e. The van der Waals surface area contributed by atoms with Gasteiger partial charge < -0.3 is 19.9 Å². The maximum Gasteiger partial charge on any atom is 0.248 e. The Morgan fingerprint density at radius 1 is 1.00 bits per heavy atom. The van der Waals surface area contributed by atoms with Crippen molar-refractivity contribution in [2.75, 3.05) is 21.3 Å².